The van der Waals surface area contributed by atoms with Crippen LogP contribution in [-0.2, 0) is 9.59 Å². The fraction of sp³-hybridized carbons (Fsp3) is 0.238. The number of ether oxygens (including phenoxy) is 1. The number of methoxy groups -OCH3 is 1. The van der Waals surface area contributed by atoms with Crippen LogP contribution in [0.1, 0.15) is 33.8 Å². The van der Waals surface area contributed by atoms with Gasteiger partial charge in [-0.25, -0.2) is 0 Å². The maximum absolute atomic E-state index is 12.9. The topological polar surface area (TPSA) is 84.5 Å². The van der Waals surface area contributed by atoms with Crippen molar-refractivity contribution in [1.82, 2.24) is 10.6 Å². The molecule has 6 nitrogen and oxygen atoms in total. The second-order valence-electron chi connectivity index (χ2n) is 6.66. The number of benzene rings is 2. The third-order valence-corrected chi connectivity index (χ3v) is 4.97. The van der Waals surface area contributed by atoms with Crippen LogP contribution in [0.5, 0.6) is 5.75 Å². The highest BCUT2D eigenvalue weighted by Gasteiger charge is 2.40. The number of carbonyl (C=O) groups excluding carboxylic acids is 3. The molecular formula is C21H20N2O4S. The minimum atomic E-state index is -1.04. The summed E-state index contributed by atoms with van der Waals surface area (Å²) in [6, 6.07) is 14.2. The SMILES string of the molecule is COc1ccc(C(=O)CC(c2ccc(C)cc2)C2C(=O)NC(=S)NC2=O)cc1. The highest BCUT2D eigenvalue weighted by atomic mass is 32.1. The second kappa shape index (κ2) is 8.31. The largest absolute Gasteiger partial charge is 0.497 e. The van der Waals surface area contributed by atoms with Crippen molar-refractivity contribution < 1.29 is 19.1 Å². The number of ketones is 1. The van der Waals surface area contributed by atoms with E-state index in [2.05, 4.69) is 10.6 Å². The molecule has 0 aromatic heterocycles. The first-order chi connectivity index (χ1) is 13.4. The number of rotatable bonds is 6. The molecule has 7 heteroatoms. The van der Waals surface area contributed by atoms with Crippen molar-refractivity contribution in [1.29, 1.82) is 0 Å². The number of Topliss-reactive ketones (excluding diaryl/α,β-unsaturated/α-hetero) is 1. The molecule has 1 aliphatic heterocycles. The van der Waals surface area contributed by atoms with Gasteiger partial charge in [-0.15, -0.1) is 0 Å². The summed E-state index contributed by atoms with van der Waals surface area (Å²) in [7, 11) is 1.55. The summed E-state index contributed by atoms with van der Waals surface area (Å²) in [6.07, 6.45) is 0.00760. The summed E-state index contributed by atoms with van der Waals surface area (Å²) < 4.78 is 5.11. The molecule has 3 rings (SSSR count). The lowest BCUT2D eigenvalue weighted by atomic mass is 9.79. The molecule has 2 aromatic carbocycles. The lowest BCUT2D eigenvalue weighted by Gasteiger charge is -2.29. The third kappa shape index (κ3) is 4.26. The second-order valence-corrected chi connectivity index (χ2v) is 7.07. The fourth-order valence-electron chi connectivity index (χ4n) is 3.23. The molecule has 2 aromatic rings. The van der Waals surface area contributed by atoms with Crippen molar-refractivity contribution in [2.24, 2.45) is 5.92 Å². The molecule has 0 spiro atoms. The quantitative estimate of drug-likeness (QED) is 0.445. The molecule has 1 aliphatic rings. The van der Waals surface area contributed by atoms with Gasteiger partial charge < -0.3 is 15.4 Å². The summed E-state index contributed by atoms with van der Waals surface area (Å²) in [5, 5.41) is 4.95. The zero-order valence-corrected chi connectivity index (χ0v) is 16.3. The summed E-state index contributed by atoms with van der Waals surface area (Å²) in [6.45, 7) is 1.94. The molecule has 2 amide bonds. The molecule has 0 saturated carbocycles. The number of carbonyl (C=O) groups is 3. The molecule has 2 N–H and O–H groups in total. The Bertz CT molecular complexity index is 902. The van der Waals surface area contributed by atoms with E-state index in [9.17, 15) is 14.4 Å². The Morgan fingerprint density at radius 1 is 1.04 bits per heavy atom. The lowest BCUT2D eigenvalue weighted by molar-refractivity contribution is -0.136. The summed E-state index contributed by atoms with van der Waals surface area (Å²) in [5.41, 5.74) is 2.28. The fourth-order valence-corrected chi connectivity index (χ4v) is 3.43. The highest BCUT2D eigenvalue weighted by molar-refractivity contribution is 7.80. The molecule has 28 heavy (non-hydrogen) atoms. The van der Waals surface area contributed by atoms with Crippen molar-refractivity contribution >= 4 is 34.9 Å². The van der Waals surface area contributed by atoms with Crippen LogP contribution in [0, 0.1) is 12.8 Å². The number of hydrogen-bond donors (Lipinski definition) is 2. The van der Waals surface area contributed by atoms with Gasteiger partial charge in [-0.05, 0) is 49.0 Å². The Morgan fingerprint density at radius 3 is 2.14 bits per heavy atom. The lowest BCUT2D eigenvalue weighted by Crippen LogP contribution is -2.57. The standard InChI is InChI=1S/C21H20N2O4S/c1-12-3-5-13(6-4-12)16(18-19(25)22-21(28)23-20(18)26)11-17(24)14-7-9-15(27-2)10-8-14/h3-10,16,18H,11H2,1-2H3,(H2,22,23,25,26,28). The Balaban J connectivity index is 1.92. The average Bonchev–Trinajstić information content (AvgIpc) is 2.67. The van der Waals surface area contributed by atoms with E-state index in [0.717, 1.165) is 11.1 Å². The van der Waals surface area contributed by atoms with Gasteiger partial charge in [-0.3, -0.25) is 14.4 Å². The van der Waals surface area contributed by atoms with Gasteiger partial charge in [-0.2, -0.15) is 0 Å². The molecule has 1 fully saturated rings. The van der Waals surface area contributed by atoms with Gasteiger partial charge in [-0.1, -0.05) is 29.8 Å². The van der Waals surface area contributed by atoms with E-state index in [4.69, 9.17) is 17.0 Å². The predicted octanol–water partition coefficient (Wildman–Crippen LogP) is 2.51. The van der Waals surface area contributed by atoms with Crippen LogP contribution in [0.3, 0.4) is 0 Å². The normalized spacial score (nSPS) is 15.6. The van der Waals surface area contributed by atoms with Gasteiger partial charge in [0, 0.05) is 17.9 Å². The molecule has 1 unspecified atom stereocenters. The Labute approximate surface area is 168 Å². The van der Waals surface area contributed by atoms with Crippen LogP contribution in [0.2, 0.25) is 0 Å². The molecule has 144 valence electrons. The van der Waals surface area contributed by atoms with E-state index in [1.807, 2.05) is 31.2 Å². The third-order valence-electron chi connectivity index (χ3n) is 4.76. The highest BCUT2D eigenvalue weighted by Crippen LogP contribution is 2.32. The summed E-state index contributed by atoms with van der Waals surface area (Å²) in [5.74, 6) is -2.17. The van der Waals surface area contributed by atoms with Crippen LogP contribution in [0.25, 0.3) is 0 Å². The number of amides is 2. The molecule has 1 heterocycles. The zero-order chi connectivity index (χ0) is 20.3. The summed E-state index contributed by atoms with van der Waals surface area (Å²) >= 11 is 4.88. The molecule has 0 bridgehead atoms. The van der Waals surface area contributed by atoms with Gasteiger partial charge in [0.2, 0.25) is 11.8 Å². The molecule has 1 atom stereocenters. The Morgan fingerprint density at radius 2 is 1.61 bits per heavy atom. The first-order valence-electron chi connectivity index (χ1n) is 8.78. The minimum Gasteiger partial charge on any atom is -0.497 e. The van der Waals surface area contributed by atoms with Crippen LogP contribution in [0.15, 0.2) is 48.5 Å². The number of aryl methyl sites for hydroxylation is 1. The van der Waals surface area contributed by atoms with E-state index in [-0.39, 0.29) is 17.3 Å². The van der Waals surface area contributed by atoms with Crippen LogP contribution in [-0.4, -0.2) is 29.8 Å². The van der Waals surface area contributed by atoms with E-state index in [1.54, 1.807) is 31.4 Å². The predicted molar refractivity (Wildman–Crippen MR) is 108 cm³/mol. The van der Waals surface area contributed by atoms with Crippen molar-refractivity contribution in [3.05, 3.63) is 65.2 Å². The van der Waals surface area contributed by atoms with E-state index < -0.39 is 23.7 Å². The average molecular weight is 396 g/mol. The zero-order valence-electron chi connectivity index (χ0n) is 15.5. The Kier molecular flexibility index (Phi) is 5.84. The van der Waals surface area contributed by atoms with Crippen molar-refractivity contribution in [2.45, 2.75) is 19.3 Å². The van der Waals surface area contributed by atoms with Crippen molar-refractivity contribution in [3.8, 4) is 5.75 Å². The number of hydrogen-bond acceptors (Lipinski definition) is 5. The van der Waals surface area contributed by atoms with Gasteiger partial charge >= 0.3 is 0 Å². The van der Waals surface area contributed by atoms with E-state index in [1.165, 1.54) is 0 Å². The number of nitrogens with one attached hydrogen (secondary N) is 2. The Hall–Kier alpha value is -3.06. The minimum absolute atomic E-state index is 0.00760. The first-order valence-corrected chi connectivity index (χ1v) is 9.19. The molecular weight excluding hydrogens is 376 g/mol. The van der Waals surface area contributed by atoms with Gasteiger partial charge in [0.15, 0.2) is 10.9 Å². The van der Waals surface area contributed by atoms with Crippen LogP contribution >= 0.6 is 12.2 Å². The van der Waals surface area contributed by atoms with Crippen LogP contribution < -0.4 is 15.4 Å². The van der Waals surface area contributed by atoms with Gasteiger partial charge in [0.25, 0.3) is 0 Å². The van der Waals surface area contributed by atoms with Gasteiger partial charge in [0.05, 0.1) is 7.11 Å². The maximum atomic E-state index is 12.9. The molecule has 0 radical (unpaired) electrons. The molecule has 0 aliphatic carbocycles. The van der Waals surface area contributed by atoms with Gasteiger partial charge in [0.1, 0.15) is 11.7 Å². The maximum Gasteiger partial charge on any atom is 0.239 e. The van der Waals surface area contributed by atoms with Crippen molar-refractivity contribution in [3.63, 3.8) is 0 Å². The molecule has 1 saturated heterocycles. The monoisotopic (exact) mass is 396 g/mol. The van der Waals surface area contributed by atoms with Crippen LogP contribution in [0.4, 0.5) is 0 Å². The summed E-state index contributed by atoms with van der Waals surface area (Å²) in [4.78, 5) is 37.9. The first kappa shape index (κ1) is 19.7. The smallest absolute Gasteiger partial charge is 0.239 e. The van der Waals surface area contributed by atoms with Crippen molar-refractivity contribution in [2.75, 3.05) is 7.11 Å². The van der Waals surface area contributed by atoms with E-state index >= 15 is 0 Å². The number of thiocarbonyl (C=S) groups is 1. The van der Waals surface area contributed by atoms with E-state index in [0.29, 0.717) is 11.3 Å².